The lowest BCUT2D eigenvalue weighted by molar-refractivity contribution is -0.147. The fraction of sp³-hybridized carbons (Fsp3) is 0.611. The molecule has 2 fully saturated rings. The number of carboxylic acids is 1. The average molecular weight is 302 g/mol. The number of aliphatic carboxylic acids is 1. The van der Waals surface area contributed by atoms with Crippen LogP contribution in [0.15, 0.2) is 30.3 Å². The average Bonchev–Trinajstić information content (AvgIpc) is 3.03. The molecule has 0 atom stereocenters. The number of likely N-dealkylation sites (tertiary alicyclic amines) is 1. The lowest BCUT2D eigenvalue weighted by atomic mass is 9.86. The second-order valence-electron chi connectivity index (χ2n) is 6.77. The highest BCUT2D eigenvalue weighted by molar-refractivity contribution is 5.79. The topological polar surface area (TPSA) is 52.6 Å². The van der Waals surface area contributed by atoms with E-state index < -0.39 is 11.5 Å². The van der Waals surface area contributed by atoms with Crippen LogP contribution in [0.3, 0.4) is 0 Å². The van der Waals surface area contributed by atoms with Gasteiger partial charge in [-0.2, -0.15) is 0 Å². The Morgan fingerprint density at radius 1 is 1.18 bits per heavy atom. The summed E-state index contributed by atoms with van der Waals surface area (Å²) in [5.74, 6) is -0.668. The van der Waals surface area contributed by atoms with Crippen molar-refractivity contribution in [2.24, 2.45) is 0 Å². The van der Waals surface area contributed by atoms with Crippen molar-refractivity contribution in [3.63, 3.8) is 0 Å². The summed E-state index contributed by atoms with van der Waals surface area (Å²) >= 11 is 0. The minimum absolute atomic E-state index is 0.400. The number of hydrogen-bond acceptors (Lipinski definition) is 3. The van der Waals surface area contributed by atoms with Gasteiger partial charge in [0, 0.05) is 25.7 Å². The van der Waals surface area contributed by atoms with E-state index in [0.29, 0.717) is 18.9 Å². The van der Waals surface area contributed by atoms with Crippen LogP contribution in [0, 0.1) is 0 Å². The number of nitrogens with zero attached hydrogens (tertiary/aromatic N) is 1. The van der Waals surface area contributed by atoms with Gasteiger partial charge in [-0.05, 0) is 31.2 Å². The molecule has 1 saturated heterocycles. The van der Waals surface area contributed by atoms with E-state index in [1.807, 2.05) is 6.07 Å². The van der Waals surface area contributed by atoms with E-state index in [4.69, 9.17) is 0 Å². The highest BCUT2D eigenvalue weighted by Gasteiger charge is 2.43. The summed E-state index contributed by atoms with van der Waals surface area (Å²) in [6.45, 7) is 2.61. The smallest absolute Gasteiger partial charge is 0.324 e. The molecule has 1 aliphatic carbocycles. The Hall–Kier alpha value is -1.39. The van der Waals surface area contributed by atoms with Crippen molar-refractivity contribution in [3.8, 4) is 0 Å². The zero-order valence-corrected chi connectivity index (χ0v) is 13.1. The maximum Gasteiger partial charge on any atom is 0.324 e. The van der Waals surface area contributed by atoms with Crippen LogP contribution in [-0.4, -0.2) is 40.6 Å². The maximum absolute atomic E-state index is 11.8. The van der Waals surface area contributed by atoms with E-state index in [2.05, 4.69) is 34.5 Å². The molecule has 22 heavy (non-hydrogen) atoms. The molecule has 3 rings (SSSR count). The summed E-state index contributed by atoms with van der Waals surface area (Å²) in [5, 5.41) is 13.2. The molecule has 1 aliphatic heterocycles. The third kappa shape index (κ3) is 3.50. The van der Waals surface area contributed by atoms with Gasteiger partial charge in [-0.25, -0.2) is 0 Å². The summed E-state index contributed by atoms with van der Waals surface area (Å²) in [5.41, 5.74) is 0.594. The number of benzene rings is 1. The lowest BCUT2D eigenvalue weighted by Gasteiger charge is -2.41. The molecule has 4 heteroatoms. The first kappa shape index (κ1) is 15.5. The number of carbonyl (C=O) groups is 1. The van der Waals surface area contributed by atoms with Crippen LogP contribution in [0.1, 0.15) is 44.1 Å². The Morgan fingerprint density at radius 2 is 1.82 bits per heavy atom. The highest BCUT2D eigenvalue weighted by Crippen LogP contribution is 2.28. The minimum Gasteiger partial charge on any atom is -0.480 e. The van der Waals surface area contributed by atoms with Gasteiger partial charge < -0.3 is 5.11 Å². The van der Waals surface area contributed by atoms with Crippen LogP contribution in [0.2, 0.25) is 0 Å². The zero-order valence-electron chi connectivity index (χ0n) is 13.1. The summed E-state index contributed by atoms with van der Waals surface area (Å²) in [6, 6.07) is 10.8. The summed E-state index contributed by atoms with van der Waals surface area (Å²) in [6.07, 6.45) is 6.11. The number of nitrogens with one attached hydrogen (secondary N) is 1. The van der Waals surface area contributed by atoms with Gasteiger partial charge in [0.15, 0.2) is 0 Å². The Bertz CT molecular complexity index is 489. The Balaban J connectivity index is 1.58. The molecule has 2 N–H and O–H groups in total. The molecular weight excluding hydrogens is 276 g/mol. The van der Waals surface area contributed by atoms with E-state index in [-0.39, 0.29) is 0 Å². The van der Waals surface area contributed by atoms with Crippen molar-refractivity contribution in [1.82, 2.24) is 10.2 Å². The van der Waals surface area contributed by atoms with E-state index in [1.54, 1.807) is 0 Å². The van der Waals surface area contributed by atoms with Crippen LogP contribution >= 0.6 is 0 Å². The monoisotopic (exact) mass is 302 g/mol. The molecular formula is C18H26N2O2. The molecule has 2 aliphatic rings. The standard InChI is InChI=1S/C18H26N2O2/c21-17(22)18(19-16-8-4-5-9-16)10-12-20(13-11-18)14-15-6-2-1-3-7-15/h1-3,6-7,16,19H,4-5,8-14H2,(H,21,22). The molecule has 0 amide bonds. The summed E-state index contributed by atoms with van der Waals surface area (Å²) < 4.78 is 0. The molecule has 0 spiro atoms. The van der Waals surface area contributed by atoms with Gasteiger partial charge >= 0.3 is 5.97 Å². The van der Waals surface area contributed by atoms with Gasteiger partial charge in [0.1, 0.15) is 5.54 Å². The highest BCUT2D eigenvalue weighted by atomic mass is 16.4. The SMILES string of the molecule is O=C(O)C1(NC2CCCC2)CCN(Cc2ccccc2)CC1. The predicted octanol–water partition coefficient (Wildman–Crippen LogP) is 2.64. The van der Waals surface area contributed by atoms with Crippen molar-refractivity contribution in [2.75, 3.05) is 13.1 Å². The molecule has 120 valence electrons. The van der Waals surface area contributed by atoms with Gasteiger partial charge in [0.2, 0.25) is 0 Å². The van der Waals surface area contributed by atoms with Crippen molar-refractivity contribution in [2.45, 2.75) is 56.7 Å². The Morgan fingerprint density at radius 3 is 2.41 bits per heavy atom. The van der Waals surface area contributed by atoms with E-state index >= 15 is 0 Å². The van der Waals surface area contributed by atoms with Gasteiger partial charge in [-0.15, -0.1) is 0 Å². The number of piperidine rings is 1. The van der Waals surface area contributed by atoms with E-state index in [9.17, 15) is 9.90 Å². The third-order valence-corrected chi connectivity index (χ3v) is 5.20. The van der Waals surface area contributed by atoms with Gasteiger partial charge in [0.25, 0.3) is 0 Å². The minimum atomic E-state index is -0.706. The van der Waals surface area contributed by atoms with Crippen LogP contribution in [0.25, 0.3) is 0 Å². The van der Waals surface area contributed by atoms with E-state index in [1.165, 1.54) is 18.4 Å². The molecule has 0 aromatic heterocycles. The summed E-state index contributed by atoms with van der Waals surface area (Å²) in [4.78, 5) is 14.2. The molecule has 0 radical (unpaired) electrons. The van der Waals surface area contributed by atoms with Gasteiger partial charge in [-0.1, -0.05) is 43.2 Å². The second-order valence-corrected chi connectivity index (χ2v) is 6.77. The molecule has 1 aromatic rings. The molecule has 0 bridgehead atoms. The fourth-order valence-corrected chi connectivity index (χ4v) is 3.82. The maximum atomic E-state index is 11.8. The number of hydrogen-bond donors (Lipinski definition) is 2. The Labute approximate surface area is 132 Å². The second kappa shape index (κ2) is 6.80. The normalized spacial score (nSPS) is 22.7. The van der Waals surface area contributed by atoms with Crippen molar-refractivity contribution in [1.29, 1.82) is 0 Å². The first-order chi connectivity index (χ1) is 10.7. The van der Waals surface area contributed by atoms with Crippen LogP contribution in [-0.2, 0) is 11.3 Å². The number of rotatable bonds is 5. The molecule has 1 aromatic carbocycles. The quantitative estimate of drug-likeness (QED) is 0.878. The first-order valence-electron chi connectivity index (χ1n) is 8.45. The molecule has 1 heterocycles. The molecule has 0 unspecified atom stereocenters. The van der Waals surface area contributed by atoms with Gasteiger partial charge in [-0.3, -0.25) is 15.0 Å². The van der Waals surface area contributed by atoms with Crippen LogP contribution in [0.5, 0.6) is 0 Å². The van der Waals surface area contributed by atoms with Crippen molar-refractivity contribution in [3.05, 3.63) is 35.9 Å². The molecule has 4 nitrogen and oxygen atoms in total. The molecule has 1 saturated carbocycles. The van der Waals surface area contributed by atoms with Crippen LogP contribution in [0.4, 0.5) is 0 Å². The fourth-order valence-electron chi connectivity index (χ4n) is 3.82. The van der Waals surface area contributed by atoms with Gasteiger partial charge in [0.05, 0.1) is 0 Å². The predicted molar refractivity (Wildman–Crippen MR) is 86.7 cm³/mol. The number of carboxylic acid groups (broad SMARTS) is 1. The van der Waals surface area contributed by atoms with Crippen molar-refractivity contribution < 1.29 is 9.90 Å². The Kier molecular flexibility index (Phi) is 4.79. The largest absolute Gasteiger partial charge is 0.480 e. The first-order valence-corrected chi connectivity index (χ1v) is 8.45. The lowest BCUT2D eigenvalue weighted by Crippen LogP contribution is -2.60. The van der Waals surface area contributed by atoms with E-state index in [0.717, 1.165) is 32.5 Å². The third-order valence-electron chi connectivity index (χ3n) is 5.20. The van der Waals surface area contributed by atoms with Crippen molar-refractivity contribution >= 4 is 5.97 Å². The van der Waals surface area contributed by atoms with Crippen LogP contribution < -0.4 is 5.32 Å². The summed E-state index contributed by atoms with van der Waals surface area (Å²) in [7, 11) is 0. The zero-order chi connectivity index (χ0) is 15.4.